The third kappa shape index (κ3) is 1.22. The number of hydrogen-bond donors (Lipinski definition) is 0. The first-order valence-electron chi connectivity index (χ1n) is 4.37. The van der Waals surface area contributed by atoms with Crippen molar-refractivity contribution >= 4 is 17.3 Å². The van der Waals surface area contributed by atoms with Gasteiger partial charge in [0.2, 0.25) is 11.6 Å². The minimum Gasteiger partial charge on any atom is -0.286 e. The van der Waals surface area contributed by atoms with Gasteiger partial charge in [-0.2, -0.15) is 0 Å². The van der Waals surface area contributed by atoms with Crippen LogP contribution in [0.3, 0.4) is 0 Å². The molecule has 0 amide bonds. The topological polar surface area (TPSA) is 59.4 Å². The molecule has 0 saturated carbocycles. The molecule has 0 atom stereocenters. The number of Topliss-reactive ketones (excluding diaryl/α,β-unsaturated/α-hetero) is 2. The molecule has 74 valence electrons. The summed E-state index contributed by atoms with van der Waals surface area (Å²) in [5.74, 6) is -1.16. The van der Waals surface area contributed by atoms with Crippen molar-refractivity contribution in [3.63, 3.8) is 0 Å². The molecule has 0 aromatic carbocycles. The van der Waals surface area contributed by atoms with Gasteiger partial charge in [0.25, 0.3) is 0 Å². The lowest BCUT2D eigenvalue weighted by Gasteiger charge is -2.15. The minimum absolute atomic E-state index is 0.119. The normalized spacial score (nSPS) is 18.2. The van der Waals surface area contributed by atoms with Crippen LogP contribution in [-0.2, 0) is 4.79 Å². The molecule has 0 spiro atoms. The molecule has 4 nitrogen and oxygen atoms in total. The van der Waals surface area contributed by atoms with Crippen LogP contribution in [0.4, 0.5) is 0 Å². The summed E-state index contributed by atoms with van der Waals surface area (Å²) in [6.07, 6.45) is 1.56. The second kappa shape index (κ2) is 3.24. The number of ketones is 2. The van der Waals surface area contributed by atoms with E-state index in [1.54, 1.807) is 25.4 Å². The van der Waals surface area contributed by atoms with Crippen LogP contribution in [0.15, 0.2) is 35.5 Å². The van der Waals surface area contributed by atoms with Crippen molar-refractivity contribution in [2.45, 2.75) is 0 Å². The maximum Gasteiger partial charge on any atom is 0.235 e. The predicted octanol–water partition coefficient (Wildman–Crippen LogP) is 0.822. The predicted molar refractivity (Wildman–Crippen MR) is 55.2 cm³/mol. The number of carbonyl (C=O) groups is 2. The maximum absolute atomic E-state index is 11.6. The Morgan fingerprint density at radius 2 is 2.07 bits per heavy atom. The molecule has 1 heterocycles. The van der Waals surface area contributed by atoms with Crippen LogP contribution in [0, 0.1) is 0 Å². The molecule has 1 aliphatic carbocycles. The molecule has 0 saturated heterocycles. The molecule has 0 N–H and O–H groups in total. The van der Waals surface area contributed by atoms with E-state index in [9.17, 15) is 9.59 Å². The third-order valence-corrected chi connectivity index (χ3v) is 2.27. The van der Waals surface area contributed by atoms with Crippen LogP contribution in [-0.4, -0.2) is 29.3 Å². The lowest BCUT2D eigenvalue weighted by atomic mass is 9.88. The van der Waals surface area contributed by atoms with E-state index < -0.39 is 11.6 Å². The fourth-order valence-corrected chi connectivity index (χ4v) is 1.53. The number of allylic oxidation sites excluding steroid dienone is 1. The first kappa shape index (κ1) is 9.45. The van der Waals surface area contributed by atoms with Gasteiger partial charge in [-0.1, -0.05) is 6.58 Å². The lowest BCUT2D eigenvalue weighted by Crippen LogP contribution is -2.30. The minimum atomic E-state index is -0.601. The number of fused-ring (bicyclic) bond motifs is 1. The van der Waals surface area contributed by atoms with Crippen LogP contribution in [0.5, 0.6) is 0 Å². The Balaban J connectivity index is 2.77. The van der Waals surface area contributed by atoms with Crippen molar-refractivity contribution in [1.82, 2.24) is 4.98 Å². The van der Waals surface area contributed by atoms with Gasteiger partial charge in [0, 0.05) is 18.8 Å². The molecule has 1 aromatic rings. The van der Waals surface area contributed by atoms with Crippen molar-refractivity contribution in [2.75, 3.05) is 7.05 Å². The smallest absolute Gasteiger partial charge is 0.235 e. The third-order valence-electron chi connectivity index (χ3n) is 2.27. The van der Waals surface area contributed by atoms with Gasteiger partial charge in [0.15, 0.2) is 0 Å². The van der Waals surface area contributed by atoms with Crippen molar-refractivity contribution < 1.29 is 9.59 Å². The molecule has 0 fully saturated rings. The lowest BCUT2D eigenvalue weighted by molar-refractivity contribution is -0.111. The number of carbonyl (C=O) groups excluding carboxylic acids is 2. The second-order valence-electron chi connectivity index (χ2n) is 3.11. The first-order chi connectivity index (χ1) is 7.16. The quantitative estimate of drug-likeness (QED) is 0.460. The Kier molecular flexibility index (Phi) is 2.04. The van der Waals surface area contributed by atoms with Crippen molar-refractivity contribution in [2.24, 2.45) is 4.99 Å². The first-order valence-corrected chi connectivity index (χ1v) is 4.37. The fourth-order valence-electron chi connectivity index (χ4n) is 1.53. The van der Waals surface area contributed by atoms with Crippen LogP contribution in [0.2, 0.25) is 0 Å². The van der Waals surface area contributed by atoms with Gasteiger partial charge in [-0.15, -0.1) is 0 Å². The zero-order valence-electron chi connectivity index (χ0n) is 8.15. The summed E-state index contributed by atoms with van der Waals surface area (Å²) in [5.41, 5.74) is 1.26. The average Bonchev–Trinajstić information content (AvgIpc) is 2.27. The zero-order chi connectivity index (χ0) is 11.0. The van der Waals surface area contributed by atoms with Gasteiger partial charge in [0.05, 0.1) is 11.3 Å². The van der Waals surface area contributed by atoms with Crippen molar-refractivity contribution in [3.05, 3.63) is 41.7 Å². The fraction of sp³-hybridized carbons (Fsp3) is 0.0909. The van der Waals surface area contributed by atoms with Gasteiger partial charge >= 0.3 is 0 Å². The van der Waals surface area contributed by atoms with E-state index in [0.717, 1.165) is 0 Å². The summed E-state index contributed by atoms with van der Waals surface area (Å²) < 4.78 is 0. The van der Waals surface area contributed by atoms with Crippen LogP contribution in [0.25, 0.3) is 0 Å². The Morgan fingerprint density at radius 1 is 1.33 bits per heavy atom. The van der Waals surface area contributed by atoms with Crippen LogP contribution >= 0.6 is 0 Å². The Bertz CT molecular complexity index is 515. The molecule has 0 unspecified atom stereocenters. The monoisotopic (exact) mass is 200 g/mol. The number of pyridine rings is 1. The van der Waals surface area contributed by atoms with Crippen LogP contribution < -0.4 is 0 Å². The van der Waals surface area contributed by atoms with E-state index in [-0.39, 0.29) is 5.57 Å². The van der Waals surface area contributed by atoms with E-state index in [2.05, 4.69) is 16.6 Å². The molecule has 1 aromatic heterocycles. The number of aromatic nitrogens is 1. The summed E-state index contributed by atoms with van der Waals surface area (Å²) >= 11 is 0. The molecular weight excluding hydrogens is 192 g/mol. The summed E-state index contributed by atoms with van der Waals surface area (Å²) in [5, 5.41) is 0. The summed E-state index contributed by atoms with van der Waals surface area (Å²) in [6, 6.07) is 3.19. The number of nitrogens with zero attached hydrogens (tertiary/aromatic N) is 2. The molecule has 1 aliphatic rings. The average molecular weight is 200 g/mol. The molecule has 0 radical (unpaired) electrons. The zero-order valence-corrected chi connectivity index (χ0v) is 8.15. The standard InChI is InChI=1S/C11H8N2O2/c1-6-8(12-2)9-7(4-3-5-13-9)11(15)10(6)14/h3-5H,1H2,2H3. The van der Waals surface area contributed by atoms with E-state index >= 15 is 0 Å². The Hall–Kier alpha value is -2.10. The summed E-state index contributed by atoms with van der Waals surface area (Å²) in [4.78, 5) is 31.1. The number of rotatable bonds is 0. The van der Waals surface area contributed by atoms with Gasteiger partial charge in [-0.3, -0.25) is 19.6 Å². The summed E-state index contributed by atoms with van der Waals surface area (Å²) in [7, 11) is 1.54. The Morgan fingerprint density at radius 3 is 2.73 bits per heavy atom. The van der Waals surface area contributed by atoms with Crippen molar-refractivity contribution in [3.8, 4) is 0 Å². The van der Waals surface area contributed by atoms with Gasteiger partial charge < -0.3 is 0 Å². The molecule has 0 aliphatic heterocycles. The molecule has 2 rings (SSSR count). The summed E-state index contributed by atoms with van der Waals surface area (Å²) in [6.45, 7) is 3.56. The Labute approximate surface area is 86.4 Å². The van der Waals surface area contributed by atoms with Gasteiger partial charge in [-0.05, 0) is 12.1 Å². The maximum atomic E-state index is 11.6. The van der Waals surface area contributed by atoms with E-state index in [4.69, 9.17) is 0 Å². The number of aliphatic imine (C=N–C) groups is 1. The van der Waals surface area contributed by atoms with Gasteiger partial charge in [0.1, 0.15) is 5.69 Å². The highest BCUT2D eigenvalue weighted by atomic mass is 16.2. The van der Waals surface area contributed by atoms with Crippen molar-refractivity contribution in [1.29, 1.82) is 0 Å². The molecule has 4 heteroatoms. The largest absolute Gasteiger partial charge is 0.286 e. The molecular formula is C11H8N2O2. The highest BCUT2D eigenvalue weighted by molar-refractivity contribution is 6.59. The van der Waals surface area contributed by atoms with Gasteiger partial charge in [-0.25, -0.2) is 0 Å². The van der Waals surface area contributed by atoms with E-state index in [1.807, 2.05) is 0 Å². The molecule has 15 heavy (non-hydrogen) atoms. The SMILES string of the molecule is C=C1C(=O)C(=O)c2cccnc2C1=NC. The molecule has 0 bridgehead atoms. The number of hydrogen-bond acceptors (Lipinski definition) is 4. The van der Waals surface area contributed by atoms with E-state index in [0.29, 0.717) is 17.0 Å². The highest BCUT2D eigenvalue weighted by Crippen LogP contribution is 2.20. The highest BCUT2D eigenvalue weighted by Gasteiger charge is 2.33. The van der Waals surface area contributed by atoms with Crippen LogP contribution in [0.1, 0.15) is 16.1 Å². The van der Waals surface area contributed by atoms with E-state index in [1.165, 1.54) is 0 Å². The second-order valence-corrected chi connectivity index (χ2v) is 3.11.